The van der Waals surface area contributed by atoms with E-state index in [0.29, 0.717) is 28.7 Å². The van der Waals surface area contributed by atoms with Crippen LogP contribution in [0, 0.1) is 0 Å². The number of ether oxygens (including phenoxy) is 2. The first-order valence-electron chi connectivity index (χ1n) is 7.29. The van der Waals surface area contributed by atoms with Crippen molar-refractivity contribution >= 4 is 17.5 Å². The number of anilines is 2. The molecular formula is C16H20N4O3. The minimum absolute atomic E-state index is 0.297. The number of hydrogen-bond acceptors (Lipinski definition) is 6. The van der Waals surface area contributed by atoms with Crippen molar-refractivity contribution in [3.8, 4) is 11.5 Å². The maximum atomic E-state index is 12.2. The summed E-state index contributed by atoms with van der Waals surface area (Å²) in [5.41, 5.74) is 0.442. The van der Waals surface area contributed by atoms with Crippen molar-refractivity contribution in [2.75, 3.05) is 31.4 Å². The van der Waals surface area contributed by atoms with E-state index in [1.165, 1.54) is 7.11 Å². The summed E-state index contributed by atoms with van der Waals surface area (Å²) in [5.74, 6) is 1.82. The summed E-state index contributed by atoms with van der Waals surface area (Å²) in [6.07, 6.45) is 0.999. The van der Waals surface area contributed by atoms with Crippen molar-refractivity contribution in [1.29, 1.82) is 0 Å². The quantitative estimate of drug-likeness (QED) is 0.816. The van der Waals surface area contributed by atoms with Gasteiger partial charge in [-0.2, -0.15) is 0 Å². The zero-order valence-corrected chi connectivity index (χ0v) is 13.4. The Hall–Kier alpha value is -2.83. The lowest BCUT2D eigenvalue weighted by Crippen LogP contribution is -2.14. The van der Waals surface area contributed by atoms with Crippen LogP contribution in [0.5, 0.6) is 11.5 Å². The predicted octanol–water partition coefficient (Wildman–Crippen LogP) is 2.57. The van der Waals surface area contributed by atoms with Crippen LogP contribution in [0.3, 0.4) is 0 Å². The summed E-state index contributed by atoms with van der Waals surface area (Å²) in [6.45, 7) is 2.89. The molecule has 0 atom stereocenters. The van der Waals surface area contributed by atoms with Crippen LogP contribution in [0.25, 0.3) is 0 Å². The molecule has 2 N–H and O–H groups in total. The van der Waals surface area contributed by atoms with E-state index in [0.717, 1.165) is 13.0 Å². The standard InChI is InChI=1S/C16H20N4O3/c1-4-9-17-14-7-8-15(20-19-14)18-16(21)11-5-6-12(22-2)13(10-11)23-3/h5-8,10H,4,9H2,1-3H3,(H,17,19)(H,18,20,21). The van der Waals surface area contributed by atoms with E-state index in [-0.39, 0.29) is 5.91 Å². The molecule has 2 rings (SSSR count). The molecule has 0 spiro atoms. The summed E-state index contributed by atoms with van der Waals surface area (Å²) < 4.78 is 10.3. The third-order valence-corrected chi connectivity index (χ3v) is 3.11. The third kappa shape index (κ3) is 4.32. The highest BCUT2D eigenvalue weighted by Gasteiger charge is 2.11. The molecule has 1 aromatic carbocycles. The lowest BCUT2D eigenvalue weighted by molar-refractivity contribution is 0.102. The molecular weight excluding hydrogens is 296 g/mol. The fourth-order valence-electron chi connectivity index (χ4n) is 1.91. The van der Waals surface area contributed by atoms with Crippen molar-refractivity contribution < 1.29 is 14.3 Å². The van der Waals surface area contributed by atoms with Crippen LogP contribution >= 0.6 is 0 Å². The number of rotatable bonds is 7. The molecule has 0 saturated carbocycles. The number of carbonyl (C=O) groups is 1. The van der Waals surface area contributed by atoms with Crippen molar-refractivity contribution in [2.45, 2.75) is 13.3 Å². The van der Waals surface area contributed by atoms with E-state index in [9.17, 15) is 4.79 Å². The average molecular weight is 316 g/mol. The first kappa shape index (κ1) is 16.5. The van der Waals surface area contributed by atoms with E-state index in [2.05, 4.69) is 27.8 Å². The van der Waals surface area contributed by atoms with Gasteiger partial charge in [-0.25, -0.2) is 0 Å². The van der Waals surface area contributed by atoms with Gasteiger partial charge in [0.2, 0.25) is 0 Å². The summed E-state index contributed by atoms with van der Waals surface area (Å²) in [6, 6.07) is 8.41. The van der Waals surface area contributed by atoms with Crippen LogP contribution in [0.2, 0.25) is 0 Å². The topological polar surface area (TPSA) is 85.4 Å². The molecule has 0 radical (unpaired) electrons. The first-order chi connectivity index (χ1) is 11.2. The third-order valence-electron chi connectivity index (χ3n) is 3.11. The summed E-state index contributed by atoms with van der Waals surface area (Å²) >= 11 is 0. The van der Waals surface area contributed by atoms with E-state index in [1.807, 2.05) is 0 Å². The molecule has 0 bridgehead atoms. The Balaban J connectivity index is 2.06. The van der Waals surface area contributed by atoms with Gasteiger partial charge in [0.25, 0.3) is 5.91 Å². The van der Waals surface area contributed by atoms with Gasteiger partial charge in [0.15, 0.2) is 17.3 Å². The maximum Gasteiger partial charge on any atom is 0.257 e. The summed E-state index contributed by atoms with van der Waals surface area (Å²) in [4.78, 5) is 12.2. The van der Waals surface area contributed by atoms with Crippen LogP contribution < -0.4 is 20.1 Å². The largest absolute Gasteiger partial charge is 0.493 e. The molecule has 0 aliphatic rings. The lowest BCUT2D eigenvalue weighted by Gasteiger charge is -2.10. The molecule has 7 heteroatoms. The van der Waals surface area contributed by atoms with Crippen molar-refractivity contribution in [3.63, 3.8) is 0 Å². The maximum absolute atomic E-state index is 12.2. The molecule has 23 heavy (non-hydrogen) atoms. The van der Waals surface area contributed by atoms with Gasteiger partial charge in [0, 0.05) is 12.1 Å². The first-order valence-corrected chi connectivity index (χ1v) is 7.29. The monoisotopic (exact) mass is 316 g/mol. The van der Waals surface area contributed by atoms with Crippen LogP contribution in [0.15, 0.2) is 30.3 Å². The molecule has 2 aromatic rings. The highest BCUT2D eigenvalue weighted by molar-refractivity contribution is 6.04. The Morgan fingerprint density at radius 3 is 2.35 bits per heavy atom. The predicted molar refractivity (Wildman–Crippen MR) is 88.3 cm³/mol. The molecule has 0 unspecified atom stereocenters. The Morgan fingerprint density at radius 2 is 1.74 bits per heavy atom. The number of methoxy groups -OCH3 is 2. The molecule has 122 valence electrons. The second-order valence-corrected chi connectivity index (χ2v) is 4.75. The molecule has 1 amide bonds. The van der Waals surface area contributed by atoms with Gasteiger partial charge in [-0.1, -0.05) is 6.92 Å². The number of amides is 1. The molecule has 1 heterocycles. The molecule has 0 fully saturated rings. The molecule has 0 saturated heterocycles. The number of aromatic nitrogens is 2. The second kappa shape index (κ2) is 7.98. The van der Waals surface area contributed by atoms with Gasteiger partial charge in [-0.15, -0.1) is 10.2 Å². The van der Waals surface area contributed by atoms with Gasteiger partial charge < -0.3 is 20.1 Å². The van der Waals surface area contributed by atoms with Crippen molar-refractivity contribution in [1.82, 2.24) is 10.2 Å². The highest BCUT2D eigenvalue weighted by Crippen LogP contribution is 2.27. The average Bonchev–Trinajstić information content (AvgIpc) is 2.60. The smallest absolute Gasteiger partial charge is 0.257 e. The van der Waals surface area contributed by atoms with Gasteiger partial charge in [-0.05, 0) is 36.8 Å². The Kier molecular flexibility index (Phi) is 5.74. The van der Waals surface area contributed by atoms with Crippen molar-refractivity contribution in [2.24, 2.45) is 0 Å². The van der Waals surface area contributed by atoms with Gasteiger partial charge in [-0.3, -0.25) is 4.79 Å². The zero-order chi connectivity index (χ0) is 16.7. The fraction of sp³-hybridized carbons (Fsp3) is 0.312. The van der Waals surface area contributed by atoms with Gasteiger partial charge in [0.1, 0.15) is 5.82 Å². The molecule has 0 aliphatic carbocycles. The van der Waals surface area contributed by atoms with Crippen LogP contribution in [0.4, 0.5) is 11.6 Å². The van der Waals surface area contributed by atoms with Gasteiger partial charge in [0.05, 0.1) is 14.2 Å². The molecule has 0 aliphatic heterocycles. The molecule has 7 nitrogen and oxygen atoms in total. The number of carbonyl (C=O) groups excluding carboxylic acids is 1. The number of nitrogens with zero attached hydrogens (tertiary/aromatic N) is 2. The normalized spacial score (nSPS) is 10.0. The minimum Gasteiger partial charge on any atom is -0.493 e. The lowest BCUT2D eigenvalue weighted by atomic mass is 10.2. The zero-order valence-electron chi connectivity index (χ0n) is 13.4. The van der Waals surface area contributed by atoms with Crippen LogP contribution in [-0.4, -0.2) is 36.9 Å². The van der Waals surface area contributed by atoms with E-state index in [4.69, 9.17) is 9.47 Å². The van der Waals surface area contributed by atoms with Crippen LogP contribution in [-0.2, 0) is 0 Å². The number of hydrogen-bond donors (Lipinski definition) is 2. The Labute approximate surface area is 135 Å². The Bertz CT molecular complexity index is 659. The summed E-state index contributed by atoms with van der Waals surface area (Å²) in [7, 11) is 3.06. The SMILES string of the molecule is CCCNc1ccc(NC(=O)c2ccc(OC)c(OC)c2)nn1. The van der Waals surface area contributed by atoms with E-state index in [1.54, 1.807) is 37.4 Å². The molecule has 1 aromatic heterocycles. The van der Waals surface area contributed by atoms with E-state index < -0.39 is 0 Å². The van der Waals surface area contributed by atoms with E-state index >= 15 is 0 Å². The minimum atomic E-state index is -0.297. The number of benzene rings is 1. The second-order valence-electron chi connectivity index (χ2n) is 4.75. The number of nitrogens with one attached hydrogen (secondary N) is 2. The Morgan fingerprint density at radius 1 is 1.04 bits per heavy atom. The highest BCUT2D eigenvalue weighted by atomic mass is 16.5. The van der Waals surface area contributed by atoms with Gasteiger partial charge >= 0.3 is 0 Å². The van der Waals surface area contributed by atoms with Crippen molar-refractivity contribution in [3.05, 3.63) is 35.9 Å². The summed E-state index contributed by atoms with van der Waals surface area (Å²) in [5, 5.41) is 13.8. The fourth-order valence-corrected chi connectivity index (χ4v) is 1.91. The van der Waals surface area contributed by atoms with Crippen LogP contribution in [0.1, 0.15) is 23.7 Å².